The molecule has 0 aromatic carbocycles. The van der Waals surface area contributed by atoms with Gasteiger partial charge < -0.3 is 0 Å². The number of aromatic nitrogens is 1. The normalized spacial score (nSPS) is 13.6. The molecule has 0 saturated carbocycles. The fourth-order valence-electron chi connectivity index (χ4n) is 1.18. The monoisotopic (exact) mass is 130 g/mol. The zero-order valence-corrected chi connectivity index (χ0v) is 5.83. The molecular formula is C7H7BN2. The van der Waals surface area contributed by atoms with Gasteiger partial charge in [-0.25, -0.2) is 0 Å². The molecule has 0 atom stereocenters. The van der Waals surface area contributed by atoms with Crippen molar-refractivity contribution < 1.29 is 0 Å². The van der Waals surface area contributed by atoms with Crippen LogP contribution in [0.25, 0.3) is 0 Å². The molecule has 0 bridgehead atoms. The highest BCUT2D eigenvalue weighted by Gasteiger charge is 2.07. The van der Waals surface area contributed by atoms with Crippen LogP contribution in [0.3, 0.4) is 0 Å². The molecular weight excluding hydrogens is 123 g/mol. The third kappa shape index (κ3) is 0.669. The highest BCUT2D eigenvalue weighted by Crippen LogP contribution is 2.18. The van der Waals surface area contributed by atoms with Crippen LogP contribution in [0.2, 0.25) is 0 Å². The highest BCUT2D eigenvalue weighted by atomic mass is 14.8. The van der Waals surface area contributed by atoms with Gasteiger partial charge in [-0.2, -0.15) is 0 Å². The summed E-state index contributed by atoms with van der Waals surface area (Å²) in [4.78, 5) is 8.31. The Morgan fingerprint density at radius 1 is 1.40 bits per heavy atom. The van der Waals surface area contributed by atoms with Gasteiger partial charge in [0, 0.05) is 30.6 Å². The van der Waals surface area contributed by atoms with E-state index in [2.05, 4.69) is 9.98 Å². The molecule has 10 heavy (non-hydrogen) atoms. The molecule has 1 aromatic heterocycles. The van der Waals surface area contributed by atoms with Crippen molar-refractivity contribution in [3.05, 3.63) is 18.0 Å². The number of hydrogen-bond donors (Lipinski definition) is 0. The average Bonchev–Trinajstić information content (AvgIpc) is 2.36. The van der Waals surface area contributed by atoms with Crippen molar-refractivity contribution in [3.8, 4) is 0 Å². The lowest BCUT2D eigenvalue weighted by molar-refractivity contribution is 1.27. The molecule has 2 nitrogen and oxygen atoms in total. The highest BCUT2D eigenvalue weighted by molar-refractivity contribution is 6.35. The van der Waals surface area contributed by atoms with Gasteiger partial charge in [-0.15, -0.1) is 0 Å². The van der Waals surface area contributed by atoms with E-state index in [0.29, 0.717) is 0 Å². The van der Waals surface area contributed by atoms with Crippen LogP contribution < -0.4 is 5.46 Å². The maximum Gasteiger partial charge on any atom is 0.144 e. The van der Waals surface area contributed by atoms with E-state index in [-0.39, 0.29) is 0 Å². The SMILES string of the molecule is Bc1cncc2c1N=CC2. The molecule has 3 heteroatoms. The van der Waals surface area contributed by atoms with Gasteiger partial charge in [0.1, 0.15) is 7.85 Å². The Hall–Kier alpha value is -1.12. The van der Waals surface area contributed by atoms with E-state index in [4.69, 9.17) is 0 Å². The third-order valence-corrected chi connectivity index (χ3v) is 1.71. The molecule has 0 spiro atoms. The Morgan fingerprint density at radius 2 is 2.30 bits per heavy atom. The summed E-state index contributed by atoms with van der Waals surface area (Å²) in [6, 6.07) is 0. The average molecular weight is 130 g/mol. The lowest BCUT2D eigenvalue weighted by Crippen LogP contribution is -2.04. The summed E-state index contributed by atoms with van der Waals surface area (Å²) in [5.74, 6) is 0. The first-order valence-corrected chi connectivity index (χ1v) is 3.34. The lowest BCUT2D eigenvalue weighted by atomic mass is 9.95. The molecule has 0 fully saturated rings. The molecule has 0 saturated heterocycles. The Bertz CT molecular complexity index is 294. The van der Waals surface area contributed by atoms with Crippen LogP contribution in [-0.2, 0) is 6.42 Å². The van der Waals surface area contributed by atoms with E-state index < -0.39 is 0 Å². The maximum atomic E-state index is 4.23. The first-order chi connectivity index (χ1) is 4.88. The number of hydrogen-bond acceptors (Lipinski definition) is 2. The van der Waals surface area contributed by atoms with Gasteiger partial charge in [-0.1, -0.05) is 0 Å². The van der Waals surface area contributed by atoms with Crippen LogP contribution >= 0.6 is 0 Å². The molecule has 2 rings (SSSR count). The van der Waals surface area contributed by atoms with Crippen LogP contribution in [0.5, 0.6) is 0 Å². The van der Waals surface area contributed by atoms with Gasteiger partial charge in [-0.05, 0) is 5.46 Å². The zero-order chi connectivity index (χ0) is 6.97. The molecule has 0 N–H and O–H groups in total. The molecule has 0 radical (unpaired) electrons. The Balaban J connectivity index is 2.67. The van der Waals surface area contributed by atoms with E-state index in [1.165, 1.54) is 11.0 Å². The fourth-order valence-corrected chi connectivity index (χ4v) is 1.18. The topological polar surface area (TPSA) is 25.2 Å². The smallest absolute Gasteiger partial charge is 0.144 e. The maximum absolute atomic E-state index is 4.23. The summed E-state index contributed by atoms with van der Waals surface area (Å²) >= 11 is 0. The number of aliphatic imine (C=N–C) groups is 1. The van der Waals surface area contributed by atoms with E-state index in [0.717, 1.165) is 12.1 Å². The van der Waals surface area contributed by atoms with Crippen molar-refractivity contribution in [2.75, 3.05) is 0 Å². The molecule has 0 unspecified atom stereocenters. The van der Waals surface area contributed by atoms with Crippen molar-refractivity contribution >= 4 is 25.2 Å². The number of rotatable bonds is 0. The number of pyridine rings is 1. The zero-order valence-electron chi connectivity index (χ0n) is 5.83. The molecule has 0 amide bonds. The second-order valence-corrected chi connectivity index (χ2v) is 2.48. The molecule has 48 valence electrons. The first kappa shape index (κ1) is 5.65. The summed E-state index contributed by atoms with van der Waals surface area (Å²) in [5, 5.41) is 0. The summed E-state index contributed by atoms with van der Waals surface area (Å²) < 4.78 is 0. The minimum Gasteiger partial charge on any atom is -0.265 e. The van der Waals surface area contributed by atoms with Gasteiger partial charge in [0.05, 0.1) is 5.69 Å². The van der Waals surface area contributed by atoms with Crippen LogP contribution in [0.1, 0.15) is 5.56 Å². The Labute approximate surface area is 60.4 Å². The molecule has 1 aliphatic heterocycles. The second kappa shape index (κ2) is 1.94. The molecule has 0 aliphatic carbocycles. The van der Waals surface area contributed by atoms with Crippen molar-refractivity contribution in [2.45, 2.75) is 6.42 Å². The molecule has 2 heterocycles. The van der Waals surface area contributed by atoms with Crippen molar-refractivity contribution in [3.63, 3.8) is 0 Å². The van der Waals surface area contributed by atoms with Crippen molar-refractivity contribution in [1.82, 2.24) is 4.98 Å². The summed E-state index contributed by atoms with van der Waals surface area (Å²) in [6.45, 7) is 0. The van der Waals surface area contributed by atoms with Gasteiger partial charge in [0.2, 0.25) is 0 Å². The van der Waals surface area contributed by atoms with Gasteiger partial charge in [0.15, 0.2) is 0 Å². The Morgan fingerprint density at radius 3 is 3.10 bits per heavy atom. The lowest BCUT2D eigenvalue weighted by Gasteiger charge is -1.97. The largest absolute Gasteiger partial charge is 0.265 e. The van der Waals surface area contributed by atoms with E-state index >= 15 is 0 Å². The second-order valence-electron chi connectivity index (χ2n) is 2.48. The quantitative estimate of drug-likeness (QED) is 0.438. The predicted octanol–water partition coefficient (Wildman–Crippen LogP) is -0.402. The van der Waals surface area contributed by atoms with Gasteiger partial charge >= 0.3 is 0 Å². The summed E-state index contributed by atoms with van der Waals surface area (Å²) in [7, 11) is 2.04. The predicted molar refractivity (Wildman–Crippen MR) is 44.3 cm³/mol. The van der Waals surface area contributed by atoms with E-state index in [9.17, 15) is 0 Å². The van der Waals surface area contributed by atoms with Crippen molar-refractivity contribution in [2.24, 2.45) is 4.99 Å². The van der Waals surface area contributed by atoms with Crippen LogP contribution in [-0.4, -0.2) is 19.0 Å². The van der Waals surface area contributed by atoms with E-state index in [1.54, 1.807) is 0 Å². The standard InChI is InChI=1S/C7H7BN2/c8-6-4-9-3-5-1-2-10-7(5)6/h2-4H,1,8H2. The molecule has 1 aromatic rings. The molecule has 1 aliphatic rings. The van der Waals surface area contributed by atoms with E-state index in [1.807, 2.05) is 26.5 Å². The minimum atomic E-state index is 0.948. The minimum absolute atomic E-state index is 0.948. The third-order valence-electron chi connectivity index (χ3n) is 1.71. The Kier molecular flexibility index (Phi) is 1.10. The van der Waals surface area contributed by atoms with Crippen molar-refractivity contribution in [1.29, 1.82) is 0 Å². The van der Waals surface area contributed by atoms with Gasteiger partial charge in [0.25, 0.3) is 0 Å². The summed E-state index contributed by atoms with van der Waals surface area (Å²) in [5.41, 5.74) is 3.54. The van der Waals surface area contributed by atoms with Crippen LogP contribution in [0, 0.1) is 0 Å². The number of nitrogens with zero attached hydrogens (tertiary/aromatic N) is 2. The number of fused-ring (bicyclic) bond motifs is 1. The van der Waals surface area contributed by atoms with Crippen LogP contribution in [0.15, 0.2) is 17.4 Å². The summed E-state index contributed by atoms with van der Waals surface area (Å²) in [6.07, 6.45) is 6.61. The fraction of sp³-hybridized carbons (Fsp3) is 0.143. The first-order valence-electron chi connectivity index (χ1n) is 3.34. The van der Waals surface area contributed by atoms with Crippen LogP contribution in [0.4, 0.5) is 5.69 Å². The van der Waals surface area contributed by atoms with Gasteiger partial charge in [-0.3, -0.25) is 9.98 Å².